The molecular weight excluding hydrogens is 411 g/mol. The molecule has 2 aromatic rings. The molecule has 1 fully saturated rings. The first-order valence-corrected chi connectivity index (χ1v) is 9.54. The van der Waals surface area contributed by atoms with Crippen LogP contribution in [-0.2, 0) is 4.79 Å². The summed E-state index contributed by atoms with van der Waals surface area (Å²) in [5, 5.41) is 11.4. The number of nitro benzene ring substituents is 1. The minimum Gasteiger partial charge on any atom is -0.299 e. The average molecular weight is 425 g/mol. The van der Waals surface area contributed by atoms with E-state index in [1.807, 2.05) is 30.5 Å². The van der Waals surface area contributed by atoms with Gasteiger partial charge in [-0.1, -0.05) is 18.2 Å². The maximum absolute atomic E-state index is 13.8. The molecule has 1 saturated heterocycles. The number of nitro groups is 1. The average Bonchev–Trinajstić information content (AvgIpc) is 2.98. The summed E-state index contributed by atoms with van der Waals surface area (Å²) in [7, 11) is 0. The lowest BCUT2D eigenvalue weighted by atomic mass is 10.0. The van der Waals surface area contributed by atoms with Gasteiger partial charge in [0.25, 0.3) is 5.69 Å². The summed E-state index contributed by atoms with van der Waals surface area (Å²) in [5.74, 6) is -0.939. The second-order valence-corrected chi connectivity index (χ2v) is 7.27. The third-order valence-corrected chi connectivity index (χ3v) is 5.60. The van der Waals surface area contributed by atoms with Gasteiger partial charge in [-0.3, -0.25) is 19.8 Å². The van der Waals surface area contributed by atoms with E-state index in [4.69, 9.17) is 0 Å². The van der Waals surface area contributed by atoms with Crippen LogP contribution in [0.4, 0.5) is 15.8 Å². The summed E-state index contributed by atoms with van der Waals surface area (Å²) in [4.78, 5) is 25.7. The predicted molar refractivity (Wildman–Crippen MR) is 98.4 cm³/mol. The molecule has 0 aromatic heterocycles. The molecule has 0 spiro atoms. The van der Waals surface area contributed by atoms with Gasteiger partial charge < -0.3 is 0 Å². The zero-order valence-corrected chi connectivity index (χ0v) is 15.6. The Kier molecular flexibility index (Phi) is 5.10. The molecule has 1 atom stereocenters. The van der Waals surface area contributed by atoms with Gasteiger partial charge in [0.15, 0.2) is 0 Å². The zero-order chi connectivity index (χ0) is 18.1. The Balaban J connectivity index is 2.16. The third-order valence-electron chi connectivity index (χ3n) is 4.18. The Hall–Kier alpha value is -1.93. The third kappa shape index (κ3) is 3.28. The van der Waals surface area contributed by atoms with E-state index in [1.165, 1.54) is 11.0 Å². The van der Waals surface area contributed by atoms with Crippen molar-refractivity contribution in [3.8, 4) is 0 Å². The van der Waals surface area contributed by atoms with Crippen LogP contribution in [0.15, 0.2) is 45.8 Å². The molecule has 130 valence electrons. The molecule has 0 bridgehead atoms. The van der Waals surface area contributed by atoms with E-state index >= 15 is 0 Å². The molecule has 1 heterocycles. The molecule has 25 heavy (non-hydrogen) atoms. The number of anilines is 1. The molecule has 2 aromatic carbocycles. The molecule has 0 radical (unpaired) electrons. The molecule has 1 amide bonds. The highest BCUT2D eigenvalue weighted by Gasteiger charge is 2.38. The van der Waals surface area contributed by atoms with E-state index in [9.17, 15) is 19.3 Å². The van der Waals surface area contributed by atoms with Crippen molar-refractivity contribution < 1.29 is 14.1 Å². The van der Waals surface area contributed by atoms with E-state index in [1.54, 1.807) is 11.8 Å². The van der Waals surface area contributed by atoms with Gasteiger partial charge in [0.2, 0.25) is 5.91 Å². The minimum absolute atomic E-state index is 0.0877. The predicted octanol–water partition coefficient (Wildman–Crippen LogP) is 5.09. The number of carbonyl (C=O) groups excluding carboxylic acids is 1. The first kappa shape index (κ1) is 17.9. The first-order chi connectivity index (χ1) is 11.9. The van der Waals surface area contributed by atoms with Crippen LogP contribution >= 0.6 is 27.7 Å². The lowest BCUT2D eigenvalue weighted by Crippen LogP contribution is -2.28. The Labute approximate surface area is 156 Å². The maximum Gasteiger partial charge on any atom is 0.295 e. The molecular formula is C17H14BrFN2O3S. The summed E-state index contributed by atoms with van der Waals surface area (Å²) in [6, 6.07) is 9.52. The molecule has 0 aliphatic carbocycles. The van der Waals surface area contributed by atoms with Crippen molar-refractivity contribution in [3.63, 3.8) is 0 Å². The van der Waals surface area contributed by atoms with Crippen LogP contribution in [-0.4, -0.2) is 17.1 Å². The second kappa shape index (κ2) is 7.13. The highest BCUT2D eigenvalue weighted by atomic mass is 79.9. The summed E-state index contributed by atoms with van der Waals surface area (Å²) in [6.45, 7) is 0. The van der Waals surface area contributed by atoms with Crippen molar-refractivity contribution in [3.05, 3.63) is 62.4 Å². The van der Waals surface area contributed by atoms with Gasteiger partial charge in [0, 0.05) is 11.3 Å². The SMILES string of the molecule is CSc1ccccc1C1CCC(=O)N1c1cc(Br)c(F)cc1[N+](=O)[O-]. The van der Waals surface area contributed by atoms with Crippen molar-refractivity contribution in [2.45, 2.75) is 23.8 Å². The van der Waals surface area contributed by atoms with Crippen LogP contribution in [0.2, 0.25) is 0 Å². The molecule has 5 nitrogen and oxygen atoms in total. The molecule has 8 heteroatoms. The van der Waals surface area contributed by atoms with Crippen molar-refractivity contribution in [2.24, 2.45) is 0 Å². The number of rotatable bonds is 4. The van der Waals surface area contributed by atoms with Gasteiger partial charge in [-0.15, -0.1) is 11.8 Å². The van der Waals surface area contributed by atoms with Crippen LogP contribution < -0.4 is 4.90 Å². The summed E-state index contributed by atoms with van der Waals surface area (Å²) in [5.41, 5.74) is 0.639. The van der Waals surface area contributed by atoms with Crippen LogP contribution in [0.1, 0.15) is 24.4 Å². The van der Waals surface area contributed by atoms with Gasteiger partial charge in [0.05, 0.1) is 21.5 Å². The minimum atomic E-state index is -0.733. The first-order valence-electron chi connectivity index (χ1n) is 7.52. The lowest BCUT2D eigenvalue weighted by molar-refractivity contribution is -0.384. The van der Waals surface area contributed by atoms with Gasteiger partial charge >= 0.3 is 0 Å². The van der Waals surface area contributed by atoms with E-state index in [2.05, 4.69) is 15.9 Å². The van der Waals surface area contributed by atoms with Crippen molar-refractivity contribution >= 4 is 45.0 Å². The Morgan fingerprint density at radius 2 is 2.08 bits per heavy atom. The van der Waals surface area contributed by atoms with E-state index in [-0.39, 0.29) is 22.1 Å². The van der Waals surface area contributed by atoms with Crippen LogP contribution in [0.5, 0.6) is 0 Å². The second-order valence-electron chi connectivity index (χ2n) is 5.57. The molecule has 0 saturated carbocycles. The fourth-order valence-corrected chi connectivity index (χ4v) is 4.07. The van der Waals surface area contributed by atoms with Crippen molar-refractivity contribution in [1.82, 2.24) is 0 Å². The van der Waals surface area contributed by atoms with E-state index < -0.39 is 16.4 Å². The Morgan fingerprint density at radius 1 is 1.36 bits per heavy atom. The number of benzene rings is 2. The Morgan fingerprint density at radius 3 is 2.76 bits per heavy atom. The van der Waals surface area contributed by atoms with E-state index in [0.717, 1.165) is 16.5 Å². The van der Waals surface area contributed by atoms with Gasteiger partial charge in [-0.05, 0) is 46.3 Å². The monoisotopic (exact) mass is 424 g/mol. The van der Waals surface area contributed by atoms with Crippen LogP contribution in [0, 0.1) is 15.9 Å². The quantitative estimate of drug-likeness (QED) is 0.389. The number of halogens is 2. The fraction of sp³-hybridized carbons (Fsp3) is 0.235. The molecule has 0 N–H and O–H groups in total. The largest absolute Gasteiger partial charge is 0.299 e. The summed E-state index contributed by atoms with van der Waals surface area (Å²) < 4.78 is 13.9. The van der Waals surface area contributed by atoms with Crippen molar-refractivity contribution in [1.29, 1.82) is 0 Å². The summed E-state index contributed by atoms with van der Waals surface area (Å²) in [6.07, 6.45) is 2.79. The number of hydrogen-bond donors (Lipinski definition) is 0. The Bertz CT molecular complexity index is 862. The van der Waals surface area contributed by atoms with Gasteiger partial charge in [-0.25, -0.2) is 4.39 Å². The van der Waals surface area contributed by atoms with Gasteiger partial charge in [0.1, 0.15) is 11.5 Å². The molecule has 1 aliphatic heterocycles. The number of carbonyl (C=O) groups is 1. The smallest absolute Gasteiger partial charge is 0.295 e. The number of hydrogen-bond acceptors (Lipinski definition) is 4. The fourth-order valence-electron chi connectivity index (χ4n) is 3.09. The molecule has 1 aliphatic rings. The number of thioether (sulfide) groups is 1. The molecule has 3 rings (SSSR count). The maximum atomic E-state index is 13.8. The highest BCUT2D eigenvalue weighted by molar-refractivity contribution is 9.10. The topological polar surface area (TPSA) is 63.5 Å². The molecule has 1 unspecified atom stereocenters. The normalized spacial score (nSPS) is 17.2. The standard InChI is InChI=1S/C17H14BrFN2O3S/c1-25-16-5-3-2-4-10(16)13-6-7-17(22)20(13)14-8-11(18)12(19)9-15(14)21(23)24/h2-5,8-9,13H,6-7H2,1H3. The van der Waals surface area contributed by atoms with Crippen LogP contribution in [0.25, 0.3) is 0 Å². The summed E-state index contributed by atoms with van der Waals surface area (Å²) >= 11 is 4.62. The van der Waals surface area contributed by atoms with E-state index in [0.29, 0.717) is 12.8 Å². The van der Waals surface area contributed by atoms with Gasteiger partial charge in [-0.2, -0.15) is 0 Å². The lowest BCUT2D eigenvalue weighted by Gasteiger charge is -2.26. The van der Waals surface area contributed by atoms with Crippen LogP contribution in [0.3, 0.4) is 0 Å². The highest BCUT2D eigenvalue weighted by Crippen LogP contribution is 2.44. The zero-order valence-electron chi connectivity index (χ0n) is 13.2. The number of nitrogens with zero attached hydrogens (tertiary/aromatic N) is 2. The van der Waals surface area contributed by atoms with Crippen molar-refractivity contribution in [2.75, 3.05) is 11.2 Å². The number of amides is 1.